The van der Waals surface area contributed by atoms with Crippen LogP contribution in [0.15, 0.2) is 41.7 Å². The second kappa shape index (κ2) is 12.9. The molecular weight excluding hydrogens is 531 g/mol. The van der Waals surface area contributed by atoms with Crippen molar-refractivity contribution in [1.29, 1.82) is 0 Å². The number of nitrogens with zero attached hydrogens (tertiary/aromatic N) is 4. The van der Waals surface area contributed by atoms with Crippen molar-refractivity contribution in [3.8, 4) is 0 Å². The summed E-state index contributed by atoms with van der Waals surface area (Å²) in [5.74, 6) is 0.827. The molecule has 1 aliphatic heterocycles. The summed E-state index contributed by atoms with van der Waals surface area (Å²) in [5.41, 5.74) is 1.81. The highest BCUT2D eigenvalue weighted by Gasteiger charge is 2.25. The Bertz CT molecular complexity index is 858. The van der Waals surface area contributed by atoms with Gasteiger partial charge in [-0.3, -0.25) is 14.5 Å². The van der Waals surface area contributed by atoms with Crippen molar-refractivity contribution in [2.45, 2.75) is 25.9 Å². The van der Waals surface area contributed by atoms with Crippen LogP contribution in [-0.4, -0.2) is 59.3 Å². The highest BCUT2D eigenvalue weighted by molar-refractivity contribution is 14.0. The van der Waals surface area contributed by atoms with Crippen molar-refractivity contribution < 1.29 is 9.53 Å². The summed E-state index contributed by atoms with van der Waals surface area (Å²) >= 11 is 5.87. The van der Waals surface area contributed by atoms with E-state index < -0.39 is 0 Å². The van der Waals surface area contributed by atoms with E-state index in [2.05, 4.69) is 20.6 Å². The molecule has 0 bridgehead atoms. The minimum atomic E-state index is -0.0273. The molecule has 1 atom stereocenters. The first-order valence-corrected chi connectivity index (χ1v) is 10.6. The van der Waals surface area contributed by atoms with E-state index in [0.29, 0.717) is 37.6 Å². The zero-order valence-corrected chi connectivity index (χ0v) is 21.0. The van der Waals surface area contributed by atoms with Crippen LogP contribution >= 0.6 is 35.6 Å². The smallest absolute Gasteiger partial charge is 0.224 e. The quantitative estimate of drug-likeness (QED) is 0.235. The number of rotatable bonds is 7. The van der Waals surface area contributed by atoms with Crippen LogP contribution in [0.25, 0.3) is 0 Å². The van der Waals surface area contributed by atoms with Gasteiger partial charge in [-0.1, -0.05) is 11.6 Å². The van der Waals surface area contributed by atoms with Gasteiger partial charge in [-0.15, -0.1) is 24.0 Å². The number of aryl methyl sites for hydroxylation is 1. The number of hydrogen-bond acceptors (Lipinski definition) is 4. The van der Waals surface area contributed by atoms with Crippen molar-refractivity contribution >= 4 is 53.1 Å². The highest BCUT2D eigenvalue weighted by Crippen LogP contribution is 2.21. The van der Waals surface area contributed by atoms with E-state index in [1.807, 2.05) is 26.4 Å². The number of amides is 1. The van der Waals surface area contributed by atoms with E-state index >= 15 is 0 Å². The Balaban J connectivity index is 0.00000341. The molecule has 170 valence electrons. The summed E-state index contributed by atoms with van der Waals surface area (Å²) in [6.45, 7) is 5.53. The first-order valence-electron chi connectivity index (χ1n) is 10.2. The van der Waals surface area contributed by atoms with Crippen molar-refractivity contribution in [3.05, 3.63) is 47.2 Å². The zero-order valence-electron chi connectivity index (χ0n) is 17.9. The van der Waals surface area contributed by atoms with Crippen molar-refractivity contribution in [2.75, 3.05) is 38.1 Å². The van der Waals surface area contributed by atoms with Gasteiger partial charge in [0.15, 0.2) is 5.96 Å². The normalized spacial score (nSPS) is 16.5. The molecule has 1 fully saturated rings. The minimum Gasteiger partial charge on any atom is -0.370 e. The molecule has 1 aromatic carbocycles. The van der Waals surface area contributed by atoms with E-state index in [1.165, 1.54) is 0 Å². The third-order valence-electron chi connectivity index (χ3n) is 4.75. The molecule has 0 radical (unpaired) electrons. The van der Waals surface area contributed by atoms with Crippen LogP contribution in [0.2, 0.25) is 5.02 Å². The Morgan fingerprint density at radius 2 is 2.13 bits per heavy atom. The number of carbonyl (C=O) groups is 1. The largest absolute Gasteiger partial charge is 0.370 e. The third kappa shape index (κ3) is 7.97. The molecule has 10 heteroatoms. The molecule has 31 heavy (non-hydrogen) atoms. The number of guanidine groups is 1. The number of hydrogen-bond donors (Lipinski definition) is 2. The summed E-state index contributed by atoms with van der Waals surface area (Å²) in [7, 11) is 1.90. The summed E-state index contributed by atoms with van der Waals surface area (Å²) in [6.07, 6.45) is 4.88. The average molecular weight is 561 g/mol. The Kier molecular flexibility index (Phi) is 10.6. The van der Waals surface area contributed by atoms with Crippen LogP contribution in [0.4, 0.5) is 5.69 Å². The molecule has 1 amide bonds. The van der Waals surface area contributed by atoms with Crippen molar-refractivity contribution in [1.82, 2.24) is 20.0 Å². The molecule has 0 aliphatic carbocycles. The molecule has 1 unspecified atom stereocenters. The lowest BCUT2D eigenvalue weighted by Crippen LogP contribution is -2.48. The van der Waals surface area contributed by atoms with E-state index in [0.717, 1.165) is 30.3 Å². The molecule has 0 saturated carbocycles. The molecule has 1 saturated heterocycles. The van der Waals surface area contributed by atoms with Gasteiger partial charge in [-0.05, 0) is 37.6 Å². The van der Waals surface area contributed by atoms with Crippen LogP contribution in [-0.2, 0) is 16.6 Å². The number of ether oxygens (including phenoxy) is 1. The molecule has 2 N–H and O–H groups in total. The number of halogens is 2. The van der Waals surface area contributed by atoms with E-state index in [1.54, 1.807) is 28.9 Å². The molecule has 1 aliphatic rings. The minimum absolute atomic E-state index is 0. The van der Waals surface area contributed by atoms with E-state index in [4.69, 9.17) is 21.3 Å². The van der Waals surface area contributed by atoms with Crippen LogP contribution in [0.1, 0.15) is 31.4 Å². The van der Waals surface area contributed by atoms with Gasteiger partial charge < -0.3 is 20.3 Å². The zero-order chi connectivity index (χ0) is 21.3. The van der Waals surface area contributed by atoms with E-state index in [9.17, 15) is 4.79 Å². The highest BCUT2D eigenvalue weighted by atomic mass is 127. The number of benzene rings is 1. The lowest BCUT2D eigenvalue weighted by molar-refractivity contribution is -0.116. The van der Waals surface area contributed by atoms with Crippen molar-refractivity contribution in [2.24, 2.45) is 12.0 Å². The third-order valence-corrected chi connectivity index (χ3v) is 5.00. The summed E-state index contributed by atoms with van der Waals surface area (Å²) in [4.78, 5) is 19.1. The number of carbonyl (C=O) groups excluding carboxylic acids is 1. The molecule has 1 aromatic heterocycles. The van der Waals surface area contributed by atoms with Gasteiger partial charge in [-0.25, -0.2) is 0 Å². The van der Waals surface area contributed by atoms with Gasteiger partial charge >= 0.3 is 0 Å². The van der Waals surface area contributed by atoms with Gasteiger partial charge in [0.05, 0.1) is 19.3 Å². The lowest BCUT2D eigenvalue weighted by atomic mass is 10.1. The van der Waals surface area contributed by atoms with Gasteiger partial charge in [0.1, 0.15) is 6.10 Å². The lowest BCUT2D eigenvalue weighted by Gasteiger charge is -2.34. The van der Waals surface area contributed by atoms with Gasteiger partial charge in [0.25, 0.3) is 0 Å². The summed E-state index contributed by atoms with van der Waals surface area (Å²) in [6, 6.07) is 7.09. The maximum absolute atomic E-state index is 12.1. The molecule has 2 heterocycles. The predicted molar refractivity (Wildman–Crippen MR) is 134 cm³/mol. The fourth-order valence-electron chi connectivity index (χ4n) is 3.26. The second-order valence-electron chi connectivity index (χ2n) is 7.15. The van der Waals surface area contributed by atoms with Gasteiger partial charge in [0, 0.05) is 55.6 Å². The van der Waals surface area contributed by atoms with E-state index in [-0.39, 0.29) is 36.0 Å². The first kappa shape index (κ1) is 25.4. The number of anilines is 1. The molecule has 3 rings (SSSR count). The molecule has 2 aromatic rings. The number of morpholine rings is 1. The monoisotopic (exact) mass is 560 g/mol. The second-order valence-corrected chi connectivity index (χ2v) is 7.58. The molecule has 0 spiro atoms. The first-order chi connectivity index (χ1) is 14.5. The van der Waals surface area contributed by atoms with Crippen LogP contribution in [0.3, 0.4) is 0 Å². The fourth-order valence-corrected chi connectivity index (χ4v) is 3.38. The molecule has 8 nitrogen and oxygen atoms in total. The summed E-state index contributed by atoms with van der Waals surface area (Å²) < 4.78 is 7.70. The van der Waals surface area contributed by atoms with Crippen LogP contribution < -0.4 is 10.6 Å². The number of aromatic nitrogens is 2. The fraction of sp³-hybridized carbons (Fsp3) is 0.476. The Morgan fingerprint density at radius 3 is 2.81 bits per heavy atom. The average Bonchev–Trinajstić information content (AvgIpc) is 3.18. The number of nitrogens with one attached hydrogen (secondary N) is 2. The standard InChI is InChI=1S/C21H29ClN6O2.HI/c1-3-23-21(28-11-12-30-19(15-28)16-13-25-27(2)14-16)24-10-4-5-20(29)26-18-8-6-17(22)7-9-18;/h6-9,13-14,19H,3-5,10-12,15H2,1-2H3,(H,23,24)(H,26,29);1H. The summed E-state index contributed by atoms with van der Waals surface area (Å²) in [5, 5.41) is 11.1. The predicted octanol–water partition coefficient (Wildman–Crippen LogP) is 3.45. The Morgan fingerprint density at radius 1 is 1.35 bits per heavy atom. The van der Waals surface area contributed by atoms with Crippen LogP contribution in [0.5, 0.6) is 0 Å². The SMILES string of the molecule is CCNC(=NCCCC(=O)Nc1ccc(Cl)cc1)N1CCOC(c2cnn(C)c2)C1.I. The van der Waals surface area contributed by atoms with Gasteiger partial charge in [-0.2, -0.15) is 5.10 Å². The molecular formula is C21H30ClIN6O2. The van der Waals surface area contributed by atoms with Gasteiger partial charge in [0.2, 0.25) is 5.91 Å². The number of aliphatic imine (C=N–C) groups is 1. The topological polar surface area (TPSA) is 83.8 Å². The Hall–Kier alpha value is -1.85. The maximum atomic E-state index is 12.1. The van der Waals surface area contributed by atoms with Crippen LogP contribution in [0, 0.1) is 0 Å². The van der Waals surface area contributed by atoms with Crippen molar-refractivity contribution in [3.63, 3.8) is 0 Å². The maximum Gasteiger partial charge on any atom is 0.224 e. The Labute approximate surface area is 205 Å².